The molecule has 1 unspecified atom stereocenters. The van der Waals surface area contributed by atoms with Gasteiger partial charge in [0.15, 0.2) is 22.9 Å². The molecular weight excluding hydrogens is 458 g/mol. The highest BCUT2D eigenvalue weighted by Gasteiger charge is 2.44. The normalized spacial score (nSPS) is 15.9. The van der Waals surface area contributed by atoms with Crippen molar-refractivity contribution in [3.63, 3.8) is 0 Å². The summed E-state index contributed by atoms with van der Waals surface area (Å²) >= 11 is 6.15. The first-order valence-corrected chi connectivity index (χ1v) is 11.6. The number of carbonyl (C=O) groups is 2. The van der Waals surface area contributed by atoms with E-state index in [9.17, 15) is 14.7 Å². The zero-order valence-electron chi connectivity index (χ0n) is 19.3. The lowest BCUT2D eigenvalue weighted by atomic mass is 9.95. The van der Waals surface area contributed by atoms with Crippen molar-refractivity contribution < 1.29 is 28.6 Å². The van der Waals surface area contributed by atoms with Gasteiger partial charge in [-0.3, -0.25) is 9.59 Å². The van der Waals surface area contributed by atoms with Crippen molar-refractivity contribution in [3.8, 4) is 11.5 Å². The number of ketones is 1. The van der Waals surface area contributed by atoms with Gasteiger partial charge >= 0.3 is 0 Å². The third-order valence-corrected chi connectivity index (χ3v) is 6.02. The van der Waals surface area contributed by atoms with Crippen LogP contribution in [0.25, 0.3) is 11.0 Å². The average molecular weight is 484 g/mol. The molecule has 0 bridgehead atoms. The summed E-state index contributed by atoms with van der Waals surface area (Å²) in [5, 5.41) is 11.8. The molecule has 0 aliphatic carbocycles. The monoisotopic (exact) mass is 483 g/mol. The number of furan rings is 1. The fourth-order valence-electron chi connectivity index (χ4n) is 4.19. The zero-order valence-corrected chi connectivity index (χ0v) is 20.0. The maximum Gasteiger partial charge on any atom is 0.290 e. The van der Waals surface area contributed by atoms with Gasteiger partial charge in [-0.25, -0.2) is 0 Å². The molecule has 0 radical (unpaired) electrons. The van der Waals surface area contributed by atoms with E-state index in [1.165, 1.54) is 12.0 Å². The lowest BCUT2D eigenvalue weighted by Crippen LogP contribution is -2.32. The molecule has 4 rings (SSSR count). The largest absolute Gasteiger partial charge is 0.503 e. The van der Waals surface area contributed by atoms with E-state index in [1.54, 1.807) is 42.5 Å². The summed E-state index contributed by atoms with van der Waals surface area (Å²) in [6.07, 6.45) is 1.59. The Morgan fingerprint density at radius 3 is 2.56 bits per heavy atom. The van der Waals surface area contributed by atoms with Crippen molar-refractivity contribution >= 4 is 34.3 Å². The van der Waals surface area contributed by atoms with Crippen molar-refractivity contribution in [1.29, 1.82) is 0 Å². The van der Waals surface area contributed by atoms with Crippen LogP contribution in [0.15, 0.2) is 58.2 Å². The highest BCUT2D eigenvalue weighted by molar-refractivity contribution is 6.31. The molecular formula is C26H26ClNO6. The van der Waals surface area contributed by atoms with Crippen LogP contribution in [0.4, 0.5) is 0 Å². The fraction of sp³-hybridized carbons (Fsp3) is 0.308. The van der Waals surface area contributed by atoms with Crippen molar-refractivity contribution in [2.24, 2.45) is 0 Å². The Kier molecular flexibility index (Phi) is 6.84. The number of amides is 1. The summed E-state index contributed by atoms with van der Waals surface area (Å²) in [5.74, 6) is -0.665. The molecule has 1 amide bonds. The predicted molar refractivity (Wildman–Crippen MR) is 129 cm³/mol. The van der Waals surface area contributed by atoms with Crippen LogP contribution < -0.4 is 9.47 Å². The predicted octanol–water partition coefficient (Wildman–Crippen LogP) is 5.87. The summed E-state index contributed by atoms with van der Waals surface area (Å²) in [5.41, 5.74) is 1.03. The number of rotatable bonds is 9. The van der Waals surface area contributed by atoms with Crippen LogP contribution in [0.5, 0.6) is 11.5 Å². The number of carbonyl (C=O) groups excluding carboxylic acids is 2. The Morgan fingerprint density at radius 2 is 1.91 bits per heavy atom. The second-order valence-corrected chi connectivity index (χ2v) is 8.42. The number of aliphatic hydroxyl groups is 1. The molecule has 8 heteroatoms. The molecule has 7 nitrogen and oxygen atoms in total. The zero-order chi connectivity index (χ0) is 24.4. The standard InChI is InChI=1S/C26H26ClNO6/c1-4-6-11-28-22(15-7-9-18(10-8-15)33-5-2)21(24(30)26(28)31)23(29)19-13-16-12-17(27)14-20(32-3)25(16)34-19/h7-10,12-14,22,30H,4-6,11H2,1-3H3. The maximum absolute atomic E-state index is 13.6. The van der Waals surface area contributed by atoms with Gasteiger partial charge in [-0.15, -0.1) is 0 Å². The molecule has 1 N–H and O–H groups in total. The minimum absolute atomic E-state index is 0.0156. The number of ether oxygens (including phenoxy) is 2. The van der Waals surface area contributed by atoms with Gasteiger partial charge in [-0.1, -0.05) is 37.1 Å². The van der Waals surface area contributed by atoms with Gasteiger partial charge in [0.05, 0.1) is 25.3 Å². The van der Waals surface area contributed by atoms with Crippen LogP contribution in [0.3, 0.4) is 0 Å². The number of Topliss-reactive ketones (excluding diaryl/α,β-unsaturated/α-hetero) is 1. The Morgan fingerprint density at radius 1 is 1.18 bits per heavy atom. The first-order valence-electron chi connectivity index (χ1n) is 11.2. The van der Waals surface area contributed by atoms with Gasteiger partial charge in [-0.2, -0.15) is 0 Å². The quantitative estimate of drug-likeness (QED) is 0.383. The highest BCUT2D eigenvalue weighted by atomic mass is 35.5. The number of aliphatic hydroxyl groups excluding tert-OH is 1. The first kappa shape index (κ1) is 23.7. The van der Waals surface area contributed by atoms with Crippen LogP contribution in [-0.4, -0.2) is 42.0 Å². The summed E-state index contributed by atoms with van der Waals surface area (Å²) in [7, 11) is 1.48. The first-order chi connectivity index (χ1) is 16.4. The van der Waals surface area contributed by atoms with Crippen LogP contribution in [0.2, 0.25) is 5.02 Å². The van der Waals surface area contributed by atoms with E-state index in [0.29, 0.717) is 46.2 Å². The Labute approximate surface area is 202 Å². The molecule has 3 aromatic rings. The van der Waals surface area contributed by atoms with Gasteiger partial charge < -0.3 is 23.9 Å². The third kappa shape index (κ3) is 4.23. The van der Waals surface area contributed by atoms with Gasteiger partial charge in [0.25, 0.3) is 5.91 Å². The van der Waals surface area contributed by atoms with Gasteiger partial charge in [0.2, 0.25) is 5.78 Å². The topological polar surface area (TPSA) is 89.2 Å². The van der Waals surface area contributed by atoms with Crippen LogP contribution in [0, 0.1) is 0 Å². The molecule has 1 aliphatic rings. The molecule has 1 aromatic heterocycles. The van der Waals surface area contributed by atoms with E-state index < -0.39 is 23.5 Å². The summed E-state index contributed by atoms with van der Waals surface area (Å²) < 4.78 is 16.7. The van der Waals surface area contributed by atoms with Crippen molar-refractivity contribution in [1.82, 2.24) is 4.90 Å². The van der Waals surface area contributed by atoms with E-state index in [0.717, 1.165) is 12.8 Å². The average Bonchev–Trinajstić information content (AvgIpc) is 3.36. The minimum Gasteiger partial charge on any atom is -0.503 e. The molecule has 2 heterocycles. The van der Waals surface area contributed by atoms with Gasteiger partial charge in [0.1, 0.15) is 5.75 Å². The van der Waals surface area contributed by atoms with E-state index in [-0.39, 0.29) is 11.3 Å². The number of nitrogens with zero attached hydrogens (tertiary/aromatic N) is 1. The molecule has 1 aliphatic heterocycles. The minimum atomic E-state index is -0.749. The smallest absolute Gasteiger partial charge is 0.290 e. The molecule has 0 fully saturated rings. The molecule has 178 valence electrons. The molecule has 2 aromatic carbocycles. The maximum atomic E-state index is 13.6. The molecule has 1 atom stereocenters. The SMILES string of the molecule is CCCCN1C(=O)C(O)=C(C(=O)c2cc3cc(Cl)cc(OC)c3o2)C1c1ccc(OCC)cc1. The summed E-state index contributed by atoms with van der Waals surface area (Å²) in [6.45, 7) is 4.83. The lowest BCUT2D eigenvalue weighted by Gasteiger charge is -2.26. The Balaban J connectivity index is 1.79. The number of fused-ring (bicyclic) bond motifs is 1. The van der Waals surface area contributed by atoms with Crippen LogP contribution in [0.1, 0.15) is 48.8 Å². The van der Waals surface area contributed by atoms with E-state index in [2.05, 4.69) is 0 Å². The van der Waals surface area contributed by atoms with Crippen LogP contribution >= 0.6 is 11.6 Å². The van der Waals surface area contributed by atoms with E-state index >= 15 is 0 Å². The van der Waals surface area contributed by atoms with Crippen molar-refractivity contribution in [2.75, 3.05) is 20.3 Å². The second-order valence-electron chi connectivity index (χ2n) is 7.99. The Bertz CT molecular complexity index is 1260. The number of hydrogen-bond donors (Lipinski definition) is 1. The Hall–Kier alpha value is -3.45. The lowest BCUT2D eigenvalue weighted by molar-refractivity contribution is -0.129. The van der Waals surface area contributed by atoms with Crippen molar-refractivity contribution in [3.05, 3.63) is 70.1 Å². The number of hydrogen-bond acceptors (Lipinski definition) is 6. The molecule has 0 saturated carbocycles. The molecule has 0 saturated heterocycles. The van der Waals surface area contributed by atoms with Gasteiger partial charge in [0, 0.05) is 23.0 Å². The van der Waals surface area contributed by atoms with E-state index in [4.69, 9.17) is 25.5 Å². The molecule has 0 spiro atoms. The van der Waals surface area contributed by atoms with Gasteiger partial charge in [-0.05, 0) is 43.2 Å². The van der Waals surface area contributed by atoms with Crippen molar-refractivity contribution in [2.45, 2.75) is 32.7 Å². The summed E-state index contributed by atoms with van der Waals surface area (Å²) in [6, 6.07) is 11.2. The fourth-order valence-corrected chi connectivity index (χ4v) is 4.40. The number of halogens is 1. The van der Waals surface area contributed by atoms with Crippen LogP contribution in [-0.2, 0) is 4.79 Å². The third-order valence-electron chi connectivity index (χ3n) is 5.80. The highest BCUT2D eigenvalue weighted by Crippen LogP contribution is 2.41. The number of unbranched alkanes of at least 4 members (excludes halogenated alkanes) is 1. The number of methoxy groups -OCH3 is 1. The van der Waals surface area contributed by atoms with E-state index in [1.807, 2.05) is 13.8 Å². The summed E-state index contributed by atoms with van der Waals surface area (Å²) in [4.78, 5) is 28.2. The molecule has 34 heavy (non-hydrogen) atoms. The number of benzene rings is 2. The second kappa shape index (κ2) is 9.81.